The topological polar surface area (TPSA) is 66.8 Å². The van der Waals surface area contributed by atoms with Crippen LogP contribution in [0.4, 0.5) is 0 Å². The van der Waals surface area contributed by atoms with Crippen molar-refractivity contribution in [1.29, 1.82) is 0 Å². The zero-order valence-electron chi connectivity index (χ0n) is 12.4. The van der Waals surface area contributed by atoms with Crippen molar-refractivity contribution in [2.24, 2.45) is 13.0 Å². The zero-order chi connectivity index (χ0) is 14.7. The molecule has 0 aliphatic heterocycles. The van der Waals surface area contributed by atoms with Gasteiger partial charge in [-0.2, -0.15) is 5.10 Å². The third-order valence-corrected chi connectivity index (χ3v) is 2.99. The lowest BCUT2D eigenvalue weighted by Gasteiger charge is -2.23. The van der Waals surface area contributed by atoms with Gasteiger partial charge in [0.2, 0.25) is 0 Å². The van der Waals surface area contributed by atoms with Gasteiger partial charge in [0.25, 0.3) is 5.91 Å². The summed E-state index contributed by atoms with van der Waals surface area (Å²) in [5, 5.41) is 4.24. The molecular formula is C14H21N5O. The summed E-state index contributed by atoms with van der Waals surface area (Å²) in [4.78, 5) is 21.7. The highest BCUT2D eigenvalue weighted by molar-refractivity contribution is 5.92. The average Bonchev–Trinajstić information content (AvgIpc) is 2.96. The molecule has 2 rings (SSSR count). The van der Waals surface area contributed by atoms with Crippen molar-refractivity contribution in [2.75, 3.05) is 6.54 Å². The van der Waals surface area contributed by atoms with Crippen molar-refractivity contribution in [1.82, 2.24) is 24.6 Å². The molecule has 1 N–H and O–H groups in total. The number of nitrogens with one attached hydrogen (secondary N) is 1. The summed E-state index contributed by atoms with van der Waals surface area (Å²) in [7, 11) is 1.79. The second kappa shape index (κ2) is 5.90. The molecule has 1 amide bonds. The minimum Gasteiger partial charge on any atom is -0.347 e. The Morgan fingerprint density at radius 2 is 2.25 bits per heavy atom. The highest BCUT2D eigenvalue weighted by Crippen LogP contribution is 2.11. The van der Waals surface area contributed by atoms with E-state index in [4.69, 9.17) is 0 Å². The molecule has 2 heterocycles. The van der Waals surface area contributed by atoms with Crippen LogP contribution in [0.25, 0.3) is 0 Å². The molecule has 0 radical (unpaired) electrons. The number of aromatic amines is 1. The standard InChI is InChI=1S/C14H21N5O/c1-10(2)8-19(9-13-15-5-6-16-13)14(20)12-7-11(3)17-18(12)4/h5-7,10H,8-9H2,1-4H3,(H,15,16). The van der Waals surface area contributed by atoms with Gasteiger partial charge in [0, 0.05) is 26.0 Å². The molecule has 0 saturated carbocycles. The number of rotatable bonds is 5. The lowest BCUT2D eigenvalue weighted by atomic mass is 10.2. The Hall–Kier alpha value is -2.11. The fourth-order valence-electron chi connectivity index (χ4n) is 2.20. The van der Waals surface area contributed by atoms with Crippen molar-refractivity contribution in [3.8, 4) is 0 Å². The van der Waals surface area contributed by atoms with Gasteiger partial charge >= 0.3 is 0 Å². The fourth-order valence-corrected chi connectivity index (χ4v) is 2.20. The van der Waals surface area contributed by atoms with E-state index in [1.54, 1.807) is 29.0 Å². The SMILES string of the molecule is Cc1cc(C(=O)N(Cc2ncc[nH]2)CC(C)C)n(C)n1. The number of hydrogen-bond acceptors (Lipinski definition) is 3. The molecule has 0 aliphatic carbocycles. The van der Waals surface area contributed by atoms with Crippen LogP contribution in [0.15, 0.2) is 18.5 Å². The van der Waals surface area contributed by atoms with Crippen LogP contribution >= 0.6 is 0 Å². The van der Waals surface area contributed by atoms with E-state index in [0.29, 0.717) is 24.7 Å². The van der Waals surface area contributed by atoms with Crippen molar-refractivity contribution in [3.63, 3.8) is 0 Å². The lowest BCUT2D eigenvalue weighted by molar-refractivity contribution is 0.0707. The first kappa shape index (κ1) is 14.3. The molecule has 0 unspecified atom stereocenters. The number of amides is 1. The average molecular weight is 275 g/mol. The van der Waals surface area contributed by atoms with E-state index in [2.05, 4.69) is 28.9 Å². The summed E-state index contributed by atoms with van der Waals surface area (Å²) in [6.07, 6.45) is 3.46. The molecule has 6 nitrogen and oxygen atoms in total. The molecule has 0 spiro atoms. The van der Waals surface area contributed by atoms with E-state index in [1.807, 2.05) is 13.0 Å². The monoisotopic (exact) mass is 275 g/mol. The Kier molecular flexibility index (Phi) is 4.22. The van der Waals surface area contributed by atoms with Crippen LogP contribution in [-0.2, 0) is 13.6 Å². The molecule has 6 heteroatoms. The second-order valence-corrected chi connectivity index (χ2v) is 5.41. The van der Waals surface area contributed by atoms with Gasteiger partial charge < -0.3 is 9.88 Å². The molecular weight excluding hydrogens is 254 g/mol. The maximum Gasteiger partial charge on any atom is 0.272 e. The van der Waals surface area contributed by atoms with Crippen molar-refractivity contribution in [3.05, 3.63) is 35.7 Å². The zero-order valence-corrected chi connectivity index (χ0v) is 12.4. The Bertz CT molecular complexity index is 570. The number of H-pyrrole nitrogens is 1. The third-order valence-electron chi connectivity index (χ3n) is 2.99. The van der Waals surface area contributed by atoms with Crippen LogP contribution < -0.4 is 0 Å². The molecule has 2 aromatic heterocycles. The van der Waals surface area contributed by atoms with E-state index >= 15 is 0 Å². The maximum atomic E-state index is 12.7. The number of imidazole rings is 1. The first-order valence-electron chi connectivity index (χ1n) is 6.75. The molecule has 0 atom stereocenters. The summed E-state index contributed by atoms with van der Waals surface area (Å²) in [5.41, 5.74) is 1.45. The van der Waals surface area contributed by atoms with E-state index in [9.17, 15) is 4.79 Å². The molecule has 0 bridgehead atoms. The second-order valence-electron chi connectivity index (χ2n) is 5.41. The number of hydrogen-bond donors (Lipinski definition) is 1. The van der Waals surface area contributed by atoms with Gasteiger partial charge in [0.1, 0.15) is 11.5 Å². The Morgan fingerprint density at radius 1 is 1.50 bits per heavy atom. The van der Waals surface area contributed by atoms with E-state index in [0.717, 1.165) is 11.5 Å². The van der Waals surface area contributed by atoms with Crippen molar-refractivity contribution in [2.45, 2.75) is 27.3 Å². The van der Waals surface area contributed by atoms with Gasteiger partial charge in [-0.1, -0.05) is 13.8 Å². The molecule has 20 heavy (non-hydrogen) atoms. The van der Waals surface area contributed by atoms with E-state index in [-0.39, 0.29) is 5.91 Å². The Balaban J connectivity index is 2.21. The summed E-state index contributed by atoms with van der Waals surface area (Å²) < 4.78 is 1.63. The van der Waals surface area contributed by atoms with Crippen LogP contribution in [0.3, 0.4) is 0 Å². The van der Waals surface area contributed by atoms with Gasteiger partial charge in [0.05, 0.1) is 12.2 Å². The van der Waals surface area contributed by atoms with Gasteiger partial charge in [-0.3, -0.25) is 9.48 Å². The number of nitrogens with zero attached hydrogens (tertiary/aromatic N) is 4. The largest absolute Gasteiger partial charge is 0.347 e. The Labute approximate surface area is 118 Å². The van der Waals surface area contributed by atoms with Gasteiger partial charge in [-0.25, -0.2) is 4.98 Å². The van der Waals surface area contributed by atoms with Gasteiger partial charge in [-0.15, -0.1) is 0 Å². The predicted octanol–water partition coefficient (Wildman–Crippen LogP) is 1.75. The molecule has 2 aromatic rings. The lowest BCUT2D eigenvalue weighted by Crippen LogP contribution is -2.35. The smallest absolute Gasteiger partial charge is 0.272 e. The van der Waals surface area contributed by atoms with Crippen LogP contribution in [0, 0.1) is 12.8 Å². The molecule has 0 aromatic carbocycles. The number of aryl methyl sites for hydroxylation is 2. The molecule has 108 valence electrons. The molecule has 0 saturated heterocycles. The van der Waals surface area contributed by atoms with Crippen LogP contribution in [0.2, 0.25) is 0 Å². The molecule has 0 aliphatic rings. The van der Waals surface area contributed by atoms with Gasteiger partial charge in [0.15, 0.2) is 0 Å². The minimum atomic E-state index is -0.0156. The summed E-state index contributed by atoms with van der Waals surface area (Å²) in [5.74, 6) is 1.17. The third kappa shape index (κ3) is 3.26. The maximum absolute atomic E-state index is 12.7. The summed E-state index contributed by atoms with van der Waals surface area (Å²) in [6.45, 7) is 7.24. The molecule has 0 fully saturated rings. The van der Waals surface area contributed by atoms with E-state index < -0.39 is 0 Å². The first-order chi connectivity index (χ1) is 9.47. The van der Waals surface area contributed by atoms with Crippen LogP contribution in [-0.4, -0.2) is 37.1 Å². The quantitative estimate of drug-likeness (QED) is 0.904. The summed E-state index contributed by atoms with van der Waals surface area (Å²) >= 11 is 0. The van der Waals surface area contributed by atoms with Crippen molar-refractivity contribution >= 4 is 5.91 Å². The summed E-state index contributed by atoms with van der Waals surface area (Å²) in [6, 6.07) is 1.82. The number of carbonyl (C=O) groups is 1. The highest BCUT2D eigenvalue weighted by atomic mass is 16.2. The van der Waals surface area contributed by atoms with Crippen LogP contribution in [0.5, 0.6) is 0 Å². The normalized spacial score (nSPS) is 11.1. The highest BCUT2D eigenvalue weighted by Gasteiger charge is 2.21. The van der Waals surface area contributed by atoms with E-state index in [1.165, 1.54) is 0 Å². The van der Waals surface area contributed by atoms with Crippen LogP contribution in [0.1, 0.15) is 35.9 Å². The fraction of sp³-hybridized carbons (Fsp3) is 0.500. The van der Waals surface area contributed by atoms with Gasteiger partial charge in [-0.05, 0) is 18.9 Å². The number of carbonyl (C=O) groups excluding carboxylic acids is 1. The minimum absolute atomic E-state index is 0.0156. The Morgan fingerprint density at radius 3 is 2.75 bits per heavy atom. The number of aromatic nitrogens is 4. The van der Waals surface area contributed by atoms with Crippen molar-refractivity contribution < 1.29 is 4.79 Å². The predicted molar refractivity (Wildman–Crippen MR) is 76.1 cm³/mol. The first-order valence-corrected chi connectivity index (χ1v) is 6.75.